The molecule has 0 aliphatic heterocycles. The van der Waals surface area contributed by atoms with Gasteiger partial charge in [0.25, 0.3) is 0 Å². The van der Waals surface area contributed by atoms with Crippen LogP contribution in [-0.2, 0) is 14.8 Å². The number of alkyl halides is 3. The Morgan fingerprint density at radius 1 is 0.902 bits per heavy atom. The summed E-state index contributed by atoms with van der Waals surface area (Å²) >= 11 is 0. The molecule has 0 radical (unpaired) electrons. The largest absolute Gasteiger partial charge is 0.490 e. The Kier molecular flexibility index (Phi) is 9.64. The first-order valence-electron chi connectivity index (χ1n) is 13.2. The SMILES string of the molecule is O=C(O)C(F)(F)F.O=S(=O)(NCC1CCC(CNc2nc(NC3CC3)c3ccccc3n2)CC1)c1ccccc1F. The highest BCUT2D eigenvalue weighted by Crippen LogP contribution is 2.31. The van der Waals surface area contributed by atoms with Crippen LogP contribution >= 0.6 is 0 Å². The number of nitrogens with one attached hydrogen (secondary N) is 3. The second-order valence-electron chi connectivity index (χ2n) is 10.2. The number of fused-ring (bicyclic) bond motifs is 1. The number of nitrogens with zero attached hydrogens (tertiary/aromatic N) is 2. The Morgan fingerprint density at radius 3 is 2.10 bits per heavy atom. The zero-order valence-corrected chi connectivity index (χ0v) is 22.8. The first kappa shape index (κ1) is 30.4. The summed E-state index contributed by atoms with van der Waals surface area (Å²) < 4.78 is 73.1. The minimum atomic E-state index is -5.08. The topological polar surface area (TPSA) is 133 Å². The van der Waals surface area contributed by atoms with Crippen LogP contribution < -0.4 is 15.4 Å². The van der Waals surface area contributed by atoms with Crippen LogP contribution in [0, 0.1) is 17.7 Å². The number of halogens is 4. The number of para-hydroxylation sites is 1. The number of rotatable bonds is 9. The van der Waals surface area contributed by atoms with Gasteiger partial charge >= 0.3 is 12.1 Å². The minimum Gasteiger partial charge on any atom is -0.475 e. The number of carboxylic acids is 1. The Bertz CT molecular complexity index is 1460. The molecule has 0 atom stereocenters. The van der Waals surface area contributed by atoms with Gasteiger partial charge in [0.15, 0.2) is 0 Å². The molecule has 2 aliphatic rings. The van der Waals surface area contributed by atoms with Crippen LogP contribution in [0.3, 0.4) is 0 Å². The van der Waals surface area contributed by atoms with Crippen LogP contribution in [0.2, 0.25) is 0 Å². The lowest BCUT2D eigenvalue weighted by atomic mass is 9.82. The van der Waals surface area contributed by atoms with Crippen LogP contribution in [-0.4, -0.2) is 54.8 Å². The van der Waals surface area contributed by atoms with Crippen molar-refractivity contribution in [1.82, 2.24) is 14.7 Å². The summed E-state index contributed by atoms with van der Waals surface area (Å²) in [6, 6.07) is 14.0. The molecule has 2 saturated carbocycles. The van der Waals surface area contributed by atoms with E-state index in [1.807, 2.05) is 24.3 Å². The van der Waals surface area contributed by atoms with Gasteiger partial charge < -0.3 is 15.7 Å². The van der Waals surface area contributed by atoms with E-state index in [-0.39, 0.29) is 10.8 Å². The molecule has 1 aromatic heterocycles. The Hall–Kier alpha value is -3.52. The Morgan fingerprint density at radius 2 is 1.49 bits per heavy atom. The van der Waals surface area contributed by atoms with Gasteiger partial charge in [-0.05, 0) is 74.6 Å². The van der Waals surface area contributed by atoms with E-state index in [4.69, 9.17) is 14.9 Å². The van der Waals surface area contributed by atoms with Crippen molar-refractivity contribution in [3.8, 4) is 0 Å². The number of carboxylic acid groups (broad SMARTS) is 1. The van der Waals surface area contributed by atoms with E-state index in [0.717, 1.165) is 55.0 Å². The van der Waals surface area contributed by atoms with Gasteiger partial charge in [-0.25, -0.2) is 27.3 Å². The summed E-state index contributed by atoms with van der Waals surface area (Å²) in [6.07, 6.45) is 1.14. The van der Waals surface area contributed by atoms with Crippen LogP contribution in [0.15, 0.2) is 53.4 Å². The van der Waals surface area contributed by atoms with Gasteiger partial charge in [-0.2, -0.15) is 18.2 Å². The molecule has 0 saturated heterocycles. The third-order valence-corrected chi connectivity index (χ3v) is 8.42. The van der Waals surface area contributed by atoms with Crippen LogP contribution in [0.4, 0.5) is 29.3 Å². The van der Waals surface area contributed by atoms with Crippen molar-refractivity contribution in [3.63, 3.8) is 0 Å². The third kappa shape index (κ3) is 8.73. The summed E-state index contributed by atoms with van der Waals surface area (Å²) in [5, 5.41) is 15.1. The van der Waals surface area contributed by atoms with Crippen molar-refractivity contribution in [3.05, 3.63) is 54.3 Å². The fourth-order valence-electron chi connectivity index (χ4n) is 4.53. The van der Waals surface area contributed by atoms with Gasteiger partial charge in [0.05, 0.1) is 5.52 Å². The van der Waals surface area contributed by atoms with E-state index < -0.39 is 28.0 Å². The molecular formula is C27H31F4N5O4S. The predicted octanol–water partition coefficient (Wildman–Crippen LogP) is 5.17. The number of aliphatic carboxylic acids is 1. The lowest BCUT2D eigenvalue weighted by Crippen LogP contribution is -2.32. The molecule has 0 bridgehead atoms. The second-order valence-corrected chi connectivity index (χ2v) is 11.9. The molecule has 0 amide bonds. The number of aromatic nitrogens is 2. The van der Waals surface area contributed by atoms with Crippen molar-refractivity contribution in [2.75, 3.05) is 23.7 Å². The summed E-state index contributed by atoms with van der Waals surface area (Å²) in [5.41, 5.74) is 0.925. The summed E-state index contributed by atoms with van der Waals surface area (Å²) in [6.45, 7) is 1.12. The average molecular weight is 598 g/mol. The van der Waals surface area contributed by atoms with Crippen molar-refractivity contribution < 1.29 is 35.9 Å². The van der Waals surface area contributed by atoms with Crippen molar-refractivity contribution >= 4 is 38.7 Å². The maximum Gasteiger partial charge on any atom is 0.490 e. The zero-order chi connectivity index (χ0) is 29.6. The van der Waals surface area contributed by atoms with Gasteiger partial charge in [0, 0.05) is 24.5 Å². The molecule has 9 nitrogen and oxygen atoms in total. The lowest BCUT2D eigenvalue weighted by molar-refractivity contribution is -0.192. The van der Waals surface area contributed by atoms with E-state index in [2.05, 4.69) is 20.3 Å². The molecule has 5 rings (SSSR count). The zero-order valence-electron chi connectivity index (χ0n) is 22.0. The van der Waals surface area contributed by atoms with Gasteiger partial charge in [0.1, 0.15) is 16.5 Å². The number of sulfonamides is 1. The molecule has 3 aromatic rings. The smallest absolute Gasteiger partial charge is 0.475 e. The molecule has 0 unspecified atom stereocenters. The molecule has 2 aliphatic carbocycles. The fourth-order valence-corrected chi connectivity index (χ4v) is 5.72. The molecule has 4 N–H and O–H groups in total. The quantitative estimate of drug-likeness (QED) is 0.248. The normalized spacial score (nSPS) is 19.2. The van der Waals surface area contributed by atoms with Crippen LogP contribution in [0.25, 0.3) is 10.9 Å². The summed E-state index contributed by atoms with van der Waals surface area (Å²) in [4.78, 5) is 18.0. The van der Waals surface area contributed by atoms with Gasteiger partial charge in [0.2, 0.25) is 16.0 Å². The maximum absolute atomic E-state index is 13.9. The van der Waals surface area contributed by atoms with Crippen molar-refractivity contribution in [2.24, 2.45) is 11.8 Å². The molecule has 41 heavy (non-hydrogen) atoms. The lowest BCUT2D eigenvalue weighted by Gasteiger charge is -2.28. The highest BCUT2D eigenvalue weighted by molar-refractivity contribution is 7.89. The van der Waals surface area contributed by atoms with E-state index in [9.17, 15) is 26.0 Å². The molecule has 1 heterocycles. The second kappa shape index (κ2) is 13.0. The van der Waals surface area contributed by atoms with Crippen LogP contribution in [0.1, 0.15) is 38.5 Å². The molecule has 2 aromatic carbocycles. The standard InChI is InChI=1S/C25H30FN5O2S.C2HF3O2/c26-21-6-2-4-8-23(21)34(32,33)28-16-18-11-9-17(10-12-18)15-27-25-30-22-7-3-1-5-20(22)24(31-25)29-19-13-14-19;3-2(4,5)1(6)7/h1-8,17-19,28H,9-16H2,(H2,27,29,30,31);(H,6,7). The predicted molar refractivity (Wildman–Crippen MR) is 145 cm³/mol. The third-order valence-electron chi connectivity index (χ3n) is 6.97. The first-order chi connectivity index (χ1) is 19.4. The summed E-state index contributed by atoms with van der Waals surface area (Å²) in [5.74, 6) is -1.22. The number of hydrogen-bond acceptors (Lipinski definition) is 7. The van der Waals surface area contributed by atoms with Gasteiger partial charge in [-0.1, -0.05) is 24.3 Å². The number of benzene rings is 2. The molecule has 14 heteroatoms. The number of carbonyl (C=O) groups is 1. The Balaban J connectivity index is 0.000000493. The van der Waals surface area contributed by atoms with E-state index in [0.29, 0.717) is 24.5 Å². The van der Waals surface area contributed by atoms with E-state index in [1.54, 1.807) is 0 Å². The first-order valence-corrected chi connectivity index (χ1v) is 14.7. The molecular weight excluding hydrogens is 566 g/mol. The highest BCUT2D eigenvalue weighted by atomic mass is 32.2. The van der Waals surface area contributed by atoms with E-state index in [1.165, 1.54) is 31.0 Å². The van der Waals surface area contributed by atoms with Gasteiger partial charge in [-0.3, -0.25) is 0 Å². The van der Waals surface area contributed by atoms with E-state index >= 15 is 0 Å². The van der Waals surface area contributed by atoms with Crippen molar-refractivity contribution in [1.29, 1.82) is 0 Å². The average Bonchev–Trinajstić information content (AvgIpc) is 3.75. The highest BCUT2D eigenvalue weighted by Gasteiger charge is 2.38. The fraction of sp³-hybridized carbons (Fsp3) is 0.444. The Labute approximate surface area is 234 Å². The molecule has 2 fully saturated rings. The van der Waals surface area contributed by atoms with Gasteiger partial charge in [-0.15, -0.1) is 0 Å². The van der Waals surface area contributed by atoms with Crippen molar-refractivity contribution in [2.45, 2.75) is 55.6 Å². The molecule has 0 spiro atoms. The molecule has 222 valence electrons. The minimum absolute atomic E-state index is 0.254. The number of anilines is 2. The summed E-state index contributed by atoms with van der Waals surface area (Å²) in [7, 11) is -3.84. The maximum atomic E-state index is 13.9. The monoisotopic (exact) mass is 597 g/mol. The van der Waals surface area contributed by atoms with Crippen LogP contribution in [0.5, 0.6) is 0 Å². The number of hydrogen-bond donors (Lipinski definition) is 4.